The summed E-state index contributed by atoms with van der Waals surface area (Å²) in [5.41, 5.74) is 2.11. The molecule has 2 aliphatic rings. The summed E-state index contributed by atoms with van der Waals surface area (Å²) in [4.78, 5) is 4.30. The molecule has 0 N–H and O–H groups in total. The highest BCUT2D eigenvalue weighted by Crippen LogP contribution is 2.35. The van der Waals surface area contributed by atoms with Crippen molar-refractivity contribution in [1.82, 2.24) is 0 Å². The highest BCUT2D eigenvalue weighted by molar-refractivity contribution is 5.73. The lowest BCUT2D eigenvalue weighted by molar-refractivity contribution is 0.0858. The Bertz CT molecular complexity index is 554. The third-order valence-corrected chi connectivity index (χ3v) is 3.56. The number of hydrogen-bond acceptors (Lipinski definition) is 2. The molecule has 0 radical (unpaired) electrons. The van der Waals surface area contributed by atoms with Crippen LogP contribution in [-0.4, -0.2) is 6.21 Å². The first kappa shape index (κ1) is 12.0. The van der Waals surface area contributed by atoms with E-state index in [1.54, 1.807) is 12.5 Å². The zero-order valence-corrected chi connectivity index (χ0v) is 10.8. The van der Waals surface area contributed by atoms with E-state index in [0.29, 0.717) is 0 Å². The highest BCUT2D eigenvalue weighted by atomic mass is 16.5. The summed E-state index contributed by atoms with van der Waals surface area (Å²) < 4.78 is 5.96. The minimum atomic E-state index is -0.451. The van der Waals surface area contributed by atoms with Crippen LogP contribution in [0.3, 0.4) is 0 Å². The molecule has 3 rings (SSSR count). The van der Waals surface area contributed by atoms with E-state index in [9.17, 15) is 0 Å². The quantitative estimate of drug-likeness (QED) is 0.791. The maximum Gasteiger partial charge on any atom is 0.172 e. The minimum Gasteiger partial charge on any atom is -0.482 e. The van der Waals surface area contributed by atoms with Crippen molar-refractivity contribution >= 4 is 6.21 Å². The number of benzene rings is 1. The molecule has 2 heteroatoms. The van der Waals surface area contributed by atoms with Gasteiger partial charge in [0, 0.05) is 12.0 Å². The van der Waals surface area contributed by atoms with E-state index >= 15 is 0 Å². The van der Waals surface area contributed by atoms with Gasteiger partial charge in [-0.15, -0.1) is 0 Å². The summed E-state index contributed by atoms with van der Waals surface area (Å²) in [6, 6.07) is 10.3. The van der Waals surface area contributed by atoms with Crippen molar-refractivity contribution in [1.29, 1.82) is 0 Å². The van der Waals surface area contributed by atoms with Crippen molar-refractivity contribution in [3.8, 4) is 0 Å². The van der Waals surface area contributed by atoms with Crippen molar-refractivity contribution < 1.29 is 4.74 Å². The van der Waals surface area contributed by atoms with Gasteiger partial charge in [0.1, 0.15) is 6.26 Å². The molecule has 0 saturated heterocycles. The number of aliphatic imine (C=N–C) groups is 1. The molecule has 0 saturated carbocycles. The fourth-order valence-electron chi connectivity index (χ4n) is 2.57. The molecule has 1 aliphatic carbocycles. The van der Waals surface area contributed by atoms with Gasteiger partial charge in [-0.25, -0.2) is 0 Å². The molecule has 1 aromatic rings. The Kier molecular flexibility index (Phi) is 3.32. The SMILES string of the molecule is C1=CCCC(CC2(c3ccccc3)C=NC=CO2)=C1. The van der Waals surface area contributed by atoms with Gasteiger partial charge >= 0.3 is 0 Å². The van der Waals surface area contributed by atoms with E-state index in [1.807, 2.05) is 24.4 Å². The molecule has 0 fully saturated rings. The summed E-state index contributed by atoms with van der Waals surface area (Å²) in [5.74, 6) is 0. The van der Waals surface area contributed by atoms with E-state index in [0.717, 1.165) is 24.8 Å². The largest absolute Gasteiger partial charge is 0.482 e. The summed E-state index contributed by atoms with van der Waals surface area (Å²) in [6.07, 6.45) is 14.9. The third kappa shape index (κ3) is 2.53. The van der Waals surface area contributed by atoms with Crippen LogP contribution < -0.4 is 0 Å². The second kappa shape index (κ2) is 5.27. The van der Waals surface area contributed by atoms with E-state index < -0.39 is 5.60 Å². The number of allylic oxidation sites excluding steroid dienone is 3. The monoisotopic (exact) mass is 251 g/mol. The van der Waals surface area contributed by atoms with Gasteiger partial charge in [-0.3, -0.25) is 4.99 Å². The lowest BCUT2D eigenvalue weighted by Gasteiger charge is -2.32. The number of hydrogen-bond donors (Lipinski definition) is 0. The molecule has 0 bridgehead atoms. The molecule has 1 aliphatic heterocycles. The van der Waals surface area contributed by atoms with Crippen LogP contribution in [0.4, 0.5) is 0 Å². The Balaban J connectivity index is 1.94. The predicted octanol–water partition coefficient (Wildman–Crippen LogP) is 4.12. The van der Waals surface area contributed by atoms with Crippen molar-refractivity contribution in [3.05, 3.63) is 72.2 Å². The van der Waals surface area contributed by atoms with Crippen molar-refractivity contribution in [2.45, 2.75) is 24.9 Å². The molecule has 19 heavy (non-hydrogen) atoms. The van der Waals surface area contributed by atoms with Crippen LogP contribution in [0.15, 0.2) is 71.6 Å². The molecule has 1 atom stereocenters. The van der Waals surface area contributed by atoms with Crippen LogP contribution in [0, 0.1) is 0 Å². The Labute approximate surface area is 113 Å². The van der Waals surface area contributed by atoms with Crippen LogP contribution >= 0.6 is 0 Å². The number of rotatable bonds is 3. The molecule has 0 aromatic heterocycles. The lowest BCUT2D eigenvalue weighted by Crippen LogP contribution is -2.32. The topological polar surface area (TPSA) is 21.6 Å². The fraction of sp³-hybridized carbons (Fsp3) is 0.235. The van der Waals surface area contributed by atoms with Crippen LogP contribution in [-0.2, 0) is 10.3 Å². The lowest BCUT2D eigenvalue weighted by atomic mass is 9.85. The van der Waals surface area contributed by atoms with Crippen LogP contribution in [0.1, 0.15) is 24.8 Å². The first-order valence-electron chi connectivity index (χ1n) is 6.66. The first-order valence-corrected chi connectivity index (χ1v) is 6.66. The van der Waals surface area contributed by atoms with Gasteiger partial charge in [0.25, 0.3) is 0 Å². The Morgan fingerprint density at radius 1 is 1.21 bits per heavy atom. The molecule has 0 amide bonds. The fourth-order valence-corrected chi connectivity index (χ4v) is 2.57. The zero-order valence-electron chi connectivity index (χ0n) is 10.8. The van der Waals surface area contributed by atoms with Gasteiger partial charge in [0.05, 0.1) is 12.4 Å². The zero-order chi connectivity index (χ0) is 13.0. The van der Waals surface area contributed by atoms with E-state index in [-0.39, 0.29) is 0 Å². The molecule has 1 heterocycles. The molecule has 0 spiro atoms. The molecular weight excluding hydrogens is 234 g/mol. The molecule has 2 nitrogen and oxygen atoms in total. The van der Waals surface area contributed by atoms with Crippen LogP contribution in [0.25, 0.3) is 0 Å². The van der Waals surface area contributed by atoms with Crippen LogP contribution in [0.2, 0.25) is 0 Å². The van der Waals surface area contributed by atoms with Gasteiger partial charge in [0.2, 0.25) is 0 Å². The van der Waals surface area contributed by atoms with Gasteiger partial charge in [-0.05, 0) is 12.8 Å². The van der Waals surface area contributed by atoms with Gasteiger partial charge in [-0.1, -0.05) is 54.1 Å². The predicted molar refractivity (Wildman–Crippen MR) is 77.9 cm³/mol. The summed E-state index contributed by atoms with van der Waals surface area (Å²) in [6.45, 7) is 0. The smallest absolute Gasteiger partial charge is 0.172 e. The number of ether oxygens (including phenoxy) is 1. The average molecular weight is 251 g/mol. The van der Waals surface area contributed by atoms with Crippen LogP contribution in [0.5, 0.6) is 0 Å². The first-order chi connectivity index (χ1) is 9.39. The van der Waals surface area contributed by atoms with Crippen molar-refractivity contribution in [2.24, 2.45) is 4.99 Å². The maximum absolute atomic E-state index is 5.96. The van der Waals surface area contributed by atoms with Gasteiger partial charge < -0.3 is 4.74 Å². The molecule has 96 valence electrons. The van der Waals surface area contributed by atoms with Gasteiger partial charge in [0.15, 0.2) is 5.60 Å². The minimum absolute atomic E-state index is 0.451. The second-order valence-corrected chi connectivity index (χ2v) is 4.91. The van der Waals surface area contributed by atoms with Crippen molar-refractivity contribution in [3.63, 3.8) is 0 Å². The maximum atomic E-state index is 5.96. The standard InChI is InChI=1S/C17H17NO/c1-3-7-15(8-4-1)13-17(14-18-11-12-19-17)16-9-5-2-6-10-16/h1-3,5-7,9-12,14H,4,8,13H2. The molecule has 1 unspecified atom stereocenters. The van der Waals surface area contributed by atoms with E-state index in [1.165, 1.54) is 5.57 Å². The normalized spacial score (nSPS) is 24.9. The second-order valence-electron chi connectivity index (χ2n) is 4.91. The Morgan fingerprint density at radius 2 is 2.11 bits per heavy atom. The van der Waals surface area contributed by atoms with E-state index in [4.69, 9.17) is 4.74 Å². The van der Waals surface area contributed by atoms with E-state index in [2.05, 4.69) is 35.4 Å². The highest BCUT2D eigenvalue weighted by Gasteiger charge is 2.33. The average Bonchev–Trinajstić information content (AvgIpc) is 2.50. The molecule has 1 aromatic carbocycles. The Hall–Kier alpha value is -2.09. The third-order valence-electron chi connectivity index (χ3n) is 3.56. The number of nitrogens with zero attached hydrogens (tertiary/aromatic N) is 1. The summed E-state index contributed by atoms with van der Waals surface area (Å²) in [5, 5.41) is 0. The van der Waals surface area contributed by atoms with Crippen molar-refractivity contribution in [2.75, 3.05) is 0 Å². The molecular formula is C17H17NO. The van der Waals surface area contributed by atoms with Gasteiger partial charge in [-0.2, -0.15) is 0 Å². The summed E-state index contributed by atoms with van der Waals surface area (Å²) >= 11 is 0. The summed E-state index contributed by atoms with van der Waals surface area (Å²) in [7, 11) is 0. The Morgan fingerprint density at radius 3 is 2.79 bits per heavy atom.